The van der Waals surface area contributed by atoms with Gasteiger partial charge < -0.3 is 20.4 Å². The van der Waals surface area contributed by atoms with Crippen LogP contribution in [0.5, 0.6) is 5.75 Å². The number of rotatable bonds is 7. The van der Waals surface area contributed by atoms with Crippen molar-refractivity contribution in [1.29, 1.82) is 0 Å². The first-order valence-corrected chi connectivity index (χ1v) is 8.87. The summed E-state index contributed by atoms with van der Waals surface area (Å²) in [6.07, 6.45) is 0.396. The van der Waals surface area contributed by atoms with Gasteiger partial charge in [0.05, 0.1) is 19.2 Å². The van der Waals surface area contributed by atoms with E-state index < -0.39 is 0 Å². The normalized spacial score (nSPS) is 10.5. The highest BCUT2D eigenvalue weighted by Gasteiger charge is 2.09. The zero-order valence-corrected chi connectivity index (χ0v) is 15.5. The molecule has 3 N–H and O–H groups in total. The molecule has 1 heterocycles. The molecular weight excluding hydrogens is 358 g/mol. The van der Waals surface area contributed by atoms with Crippen molar-refractivity contribution in [2.75, 3.05) is 19.0 Å². The number of para-hydroxylation sites is 1. The number of aryl methyl sites for hydroxylation is 1. The molecule has 0 aliphatic carbocycles. The first kappa shape index (κ1) is 19.2. The van der Waals surface area contributed by atoms with Crippen LogP contribution in [0.25, 0.3) is 10.9 Å². The minimum absolute atomic E-state index is 0.114. The van der Waals surface area contributed by atoms with E-state index in [0.29, 0.717) is 22.5 Å². The molecule has 0 aliphatic rings. The summed E-state index contributed by atoms with van der Waals surface area (Å²) in [5.74, 6) is 0.0542. The first-order chi connectivity index (χ1) is 13.5. The summed E-state index contributed by atoms with van der Waals surface area (Å²) in [4.78, 5) is 38.9. The van der Waals surface area contributed by atoms with Crippen LogP contribution in [0.15, 0.2) is 59.4 Å². The molecule has 2 aromatic carbocycles. The average Bonchev–Trinajstić information content (AvgIpc) is 2.71. The molecule has 144 valence electrons. The highest BCUT2D eigenvalue weighted by Crippen LogP contribution is 2.18. The Morgan fingerprint density at radius 2 is 1.82 bits per heavy atom. The maximum absolute atomic E-state index is 12.2. The molecule has 3 aromatic rings. The van der Waals surface area contributed by atoms with Gasteiger partial charge in [0.15, 0.2) is 0 Å². The number of H-pyrrole nitrogens is 1. The summed E-state index contributed by atoms with van der Waals surface area (Å²) in [5.41, 5.74) is 1.62. The molecule has 2 amide bonds. The Hall–Kier alpha value is -3.61. The van der Waals surface area contributed by atoms with Crippen molar-refractivity contribution in [2.24, 2.45) is 0 Å². The lowest BCUT2D eigenvalue weighted by Gasteiger charge is -2.07. The summed E-state index contributed by atoms with van der Waals surface area (Å²) in [5, 5.41) is 6.11. The number of aromatic nitrogens is 1. The van der Waals surface area contributed by atoms with Crippen molar-refractivity contribution >= 4 is 28.4 Å². The molecule has 7 nitrogen and oxygen atoms in total. The molecule has 28 heavy (non-hydrogen) atoms. The lowest BCUT2D eigenvalue weighted by atomic mass is 10.1. The highest BCUT2D eigenvalue weighted by atomic mass is 16.5. The number of amides is 2. The Balaban J connectivity index is 1.53. The van der Waals surface area contributed by atoms with Gasteiger partial charge in [-0.25, -0.2) is 0 Å². The van der Waals surface area contributed by atoms with Gasteiger partial charge in [-0.1, -0.05) is 18.2 Å². The van der Waals surface area contributed by atoms with Crippen LogP contribution < -0.4 is 20.9 Å². The Bertz CT molecular complexity index is 1040. The highest BCUT2D eigenvalue weighted by molar-refractivity contribution is 5.94. The van der Waals surface area contributed by atoms with Gasteiger partial charge in [0.1, 0.15) is 5.75 Å². The molecule has 0 aliphatic heterocycles. The lowest BCUT2D eigenvalue weighted by molar-refractivity contribution is -0.124. The summed E-state index contributed by atoms with van der Waals surface area (Å²) in [6, 6.07) is 16.2. The van der Waals surface area contributed by atoms with Gasteiger partial charge in [0.25, 0.3) is 5.56 Å². The van der Waals surface area contributed by atoms with E-state index in [0.717, 1.165) is 5.39 Å². The van der Waals surface area contributed by atoms with Crippen molar-refractivity contribution in [3.8, 4) is 5.75 Å². The Kier molecular flexibility index (Phi) is 6.06. The number of aromatic amines is 1. The number of anilines is 1. The van der Waals surface area contributed by atoms with E-state index >= 15 is 0 Å². The molecule has 0 spiro atoms. The molecule has 0 fully saturated rings. The molecule has 7 heteroatoms. The molecule has 0 atom stereocenters. The van der Waals surface area contributed by atoms with E-state index in [1.165, 1.54) is 0 Å². The third-order valence-corrected chi connectivity index (χ3v) is 4.26. The van der Waals surface area contributed by atoms with E-state index in [-0.39, 0.29) is 36.8 Å². The molecule has 0 unspecified atom stereocenters. The monoisotopic (exact) mass is 379 g/mol. The number of nitrogens with one attached hydrogen (secondary N) is 3. The van der Waals surface area contributed by atoms with Crippen LogP contribution >= 0.6 is 0 Å². The topological polar surface area (TPSA) is 100 Å². The number of carbonyl (C=O) groups excluding carboxylic acids is 2. The van der Waals surface area contributed by atoms with Crippen molar-refractivity contribution in [3.05, 3.63) is 70.5 Å². The number of carbonyl (C=O) groups is 2. The van der Waals surface area contributed by atoms with Gasteiger partial charge in [-0.15, -0.1) is 0 Å². The second kappa shape index (κ2) is 8.85. The number of ether oxygens (including phenoxy) is 1. The number of methoxy groups -OCH3 is 1. The van der Waals surface area contributed by atoms with Crippen LogP contribution in [-0.2, 0) is 16.0 Å². The third-order valence-electron chi connectivity index (χ3n) is 4.26. The Morgan fingerprint density at radius 3 is 2.57 bits per heavy atom. The van der Waals surface area contributed by atoms with E-state index in [1.54, 1.807) is 31.4 Å². The lowest BCUT2D eigenvalue weighted by Crippen LogP contribution is -2.33. The fourth-order valence-electron chi connectivity index (χ4n) is 2.78. The van der Waals surface area contributed by atoms with Crippen LogP contribution in [0.1, 0.15) is 12.0 Å². The van der Waals surface area contributed by atoms with Crippen LogP contribution in [-0.4, -0.2) is 30.5 Å². The predicted octanol–water partition coefficient (Wildman–Crippen LogP) is 2.22. The molecule has 0 radical (unpaired) electrons. The third kappa shape index (κ3) is 4.97. The molecular formula is C21H21N3O4. The van der Waals surface area contributed by atoms with Crippen molar-refractivity contribution in [2.45, 2.75) is 12.8 Å². The van der Waals surface area contributed by atoms with Gasteiger partial charge in [0.2, 0.25) is 11.8 Å². The fraction of sp³-hybridized carbons (Fsp3) is 0.190. The van der Waals surface area contributed by atoms with Crippen molar-refractivity contribution in [3.63, 3.8) is 0 Å². The first-order valence-electron chi connectivity index (χ1n) is 8.87. The van der Waals surface area contributed by atoms with Gasteiger partial charge in [-0.3, -0.25) is 14.4 Å². The maximum Gasteiger partial charge on any atom is 0.251 e. The van der Waals surface area contributed by atoms with Crippen LogP contribution in [0.3, 0.4) is 0 Å². The SMILES string of the molecule is COc1ccc2cc(CCC(=O)NCC(=O)Nc3ccccc3)c(=O)[nH]c2c1. The molecule has 0 saturated heterocycles. The number of hydrogen-bond donors (Lipinski definition) is 3. The van der Waals surface area contributed by atoms with E-state index in [4.69, 9.17) is 4.74 Å². The number of hydrogen-bond acceptors (Lipinski definition) is 4. The van der Waals surface area contributed by atoms with Gasteiger partial charge in [-0.05, 0) is 42.1 Å². The standard InChI is InChI=1S/C21H21N3O4/c1-28-17-9-7-14-11-15(21(27)24-18(14)12-17)8-10-19(25)22-13-20(26)23-16-5-3-2-4-6-16/h2-7,9,11-12H,8,10,13H2,1H3,(H,22,25)(H,23,26)(H,24,27). The summed E-state index contributed by atoms with van der Waals surface area (Å²) in [6.45, 7) is -0.123. The van der Waals surface area contributed by atoms with E-state index in [9.17, 15) is 14.4 Å². The van der Waals surface area contributed by atoms with Crippen molar-refractivity contribution < 1.29 is 14.3 Å². The maximum atomic E-state index is 12.2. The summed E-state index contributed by atoms with van der Waals surface area (Å²) in [7, 11) is 1.56. The quantitative estimate of drug-likeness (QED) is 0.586. The molecule has 1 aromatic heterocycles. The molecule has 3 rings (SSSR count). The Labute approximate surface area is 161 Å². The minimum Gasteiger partial charge on any atom is -0.497 e. The summed E-state index contributed by atoms with van der Waals surface area (Å²) >= 11 is 0. The summed E-state index contributed by atoms with van der Waals surface area (Å²) < 4.78 is 5.15. The predicted molar refractivity (Wildman–Crippen MR) is 108 cm³/mol. The van der Waals surface area contributed by atoms with Crippen LogP contribution in [0, 0.1) is 0 Å². The molecule has 0 saturated carbocycles. The van der Waals surface area contributed by atoms with E-state index in [2.05, 4.69) is 15.6 Å². The van der Waals surface area contributed by atoms with E-state index in [1.807, 2.05) is 30.3 Å². The minimum atomic E-state index is -0.308. The van der Waals surface area contributed by atoms with Crippen LogP contribution in [0.4, 0.5) is 5.69 Å². The molecule has 0 bridgehead atoms. The second-order valence-corrected chi connectivity index (χ2v) is 6.27. The largest absolute Gasteiger partial charge is 0.497 e. The average molecular weight is 379 g/mol. The van der Waals surface area contributed by atoms with Gasteiger partial charge >= 0.3 is 0 Å². The zero-order valence-electron chi connectivity index (χ0n) is 15.5. The van der Waals surface area contributed by atoms with Crippen LogP contribution in [0.2, 0.25) is 0 Å². The van der Waals surface area contributed by atoms with Gasteiger partial charge in [0, 0.05) is 23.7 Å². The Morgan fingerprint density at radius 1 is 1.04 bits per heavy atom. The number of fused-ring (bicyclic) bond motifs is 1. The van der Waals surface area contributed by atoms with Crippen molar-refractivity contribution in [1.82, 2.24) is 10.3 Å². The zero-order chi connectivity index (χ0) is 19.9. The number of benzene rings is 2. The van der Waals surface area contributed by atoms with Gasteiger partial charge in [-0.2, -0.15) is 0 Å². The fourth-order valence-corrected chi connectivity index (χ4v) is 2.78. The number of pyridine rings is 1. The second-order valence-electron chi connectivity index (χ2n) is 6.27. The smallest absolute Gasteiger partial charge is 0.251 e.